The van der Waals surface area contributed by atoms with Crippen LogP contribution in [0, 0.1) is 0 Å². The molecule has 2 atom stereocenters. The Hall–Kier alpha value is -2.49. The van der Waals surface area contributed by atoms with Gasteiger partial charge in [0.15, 0.2) is 11.5 Å². The van der Waals surface area contributed by atoms with E-state index in [4.69, 9.17) is 9.47 Å². The van der Waals surface area contributed by atoms with Gasteiger partial charge >= 0.3 is 0 Å². The summed E-state index contributed by atoms with van der Waals surface area (Å²) in [6.45, 7) is 3.25. The number of carbonyl (C=O) groups is 1. The van der Waals surface area contributed by atoms with Crippen LogP contribution in [0.4, 0.5) is 0 Å². The van der Waals surface area contributed by atoms with Crippen LogP contribution in [-0.4, -0.2) is 29.6 Å². The minimum absolute atomic E-state index is 0.00139. The number of benzene rings is 2. The fourth-order valence-electron chi connectivity index (χ4n) is 3.25. The first-order chi connectivity index (χ1) is 11.2. The van der Waals surface area contributed by atoms with E-state index in [9.17, 15) is 4.79 Å². The van der Waals surface area contributed by atoms with Crippen LogP contribution in [0.25, 0.3) is 0 Å². The molecule has 0 aromatic heterocycles. The van der Waals surface area contributed by atoms with Gasteiger partial charge in [-0.05, 0) is 36.6 Å². The third-order valence-corrected chi connectivity index (χ3v) is 4.53. The summed E-state index contributed by atoms with van der Waals surface area (Å²) >= 11 is 0. The Morgan fingerprint density at radius 3 is 2.43 bits per heavy atom. The van der Waals surface area contributed by atoms with Crippen LogP contribution in [0.3, 0.4) is 0 Å². The highest BCUT2D eigenvalue weighted by molar-refractivity contribution is 5.82. The van der Waals surface area contributed by atoms with Crippen molar-refractivity contribution in [1.82, 2.24) is 4.90 Å². The average Bonchev–Trinajstić information content (AvgIpc) is 2.60. The maximum Gasteiger partial charge on any atom is 0.267 e. The molecule has 0 saturated carbocycles. The number of amides is 1. The summed E-state index contributed by atoms with van der Waals surface area (Å²) in [5.74, 6) is 1.34. The largest absolute Gasteiger partial charge is 0.482 e. The predicted octanol–water partition coefficient (Wildman–Crippen LogP) is 2.80. The Morgan fingerprint density at radius 1 is 1.00 bits per heavy atom. The van der Waals surface area contributed by atoms with Gasteiger partial charge in [-0.15, -0.1) is 0 Å². The fraction of sp³-hybridized carbons (Fsp3) is 0.316. The molecule has 0 N–H and O–H groups in total. The number of fused-ring (bicyclic) bond motifs is 2. The van der Waals surface area contributed by atoms with Crippen molar-refractivity contribution in [2.45, 2.75) is 32.1 Å². The van der Waals surface area contributed by atoms with Gasteiger partial charge in [0, 0.05) is 13.1 Å². The molecule has 0 radical (unpaired) electrons. The highest BCUT2D eigenvalue weighted by Crippen LogP contribution is 2.34. The van der Waals surface area contributed by atoms with Crippen molar-refractivity contribution in [3.8, 4) is 11.5 Å². The Kier molecular flexibility index (Phi) is 3.45. The van der Waals surface area contributed by atoms with E-state index in [0.29, 0.717) is 18.0 Å². The summed E-state index contributed by atoms with van der Waals surface area (Å²) in [5.41, 5.74) is 2.55. The van der Waals surface area contributed by atoms with Crippen LogP contribution >= 0.6 is 0 Å². The van der Waals surface area contributed by atoms with Crippen LogP contribution in [0.5, 0.6) is 11.5 Å². The molecule has 0 saturated heterocycles. The van der Waals surface area contributed by atoms with Gasteiger partial charge in [0.2, 0.25) is 6.10 Å². The predicted molar refractivity (Wildman–Crippen MR) is 86.5 cm³/mol. The molecule has 2 aliphatic heterocycles. The van der Waals surface area contributed by atoms with E-state index < -0.39 is 6.10 Å². The van der Waals surface area contributed by atoms with E-state index in [-0.39, 0.29) is 12.0 Å². The molecule has 0 spiro atoms. The summed E-state index contributed by atoms with van der Waals surface area (Å²) in [6, 6.07) is 15.8. The topological polar surface area (TPSA) is 38.8 Å². The first-order valence-electron chi connectivity index (χ1n) is 8.00. The van der Waals surface area contributed by atoms with E-state index in [1.165, 1.54) is 11.1 Å². The Labute approximate surface area is 135 Å². The monoisotopic (exact) mass is 309 g/mol. The molecule has 0 bridgehead atoms. The van der Waals surface area contributed by atoms with Crippen molar-refractivity contribution in [3.05, 3.63) is 59.7 Å². The number of nitrogens with zero attached hydrogens (tertiary/aromatic N) is 1. The van der Waals surface area contributed by atoms with Crippen molar-refractivity contribution in [2.75, 3.05) is 6.54 Å². The lowest BCUT2D eigenvalue weighted by atomic mass is 9.99. The lowest BCUT2D eigenvalue weighted by Crippen LogP contribution is -2.51. The maximum absolute atomic E-state index is 12.9. The first kappa shape index (κ1) is 14.1. The van der Waals surface area contributed by atoms with Crippen molar-refractivity contribution >= 4 is 5.91 Å². The van der Waals surface area contributed by atoms with Crippen molar-refractivity contribution in [1.29, 1.82) is 0 Å². The van der Waals surface area contributed by atoms with Crippen molar-refractivity contribution in [3.63, 3.8) is 0 Å². The molecule has 2 heterocycles. The van der Waals surface area contributed by atoms with E-state index in [1.54, 1.807) is 0 Å². The Bertz CT molecular complexity index is 743. The standard InChI is InChI=1S/C19H19NO3/c1-13-18(23-17-9-5-4-8-16(17)22-13)19(21)20-11-10-14-6-2-3-7-15(14)12-20/h2-9,13,18H,10-12H2,1H3. The number of rotatable bonds is 1. The van der Waals surface area contributed by atoms with Crippen LogP contribution in [-0.2, 0) is 17.8 Å². The normalized spacial score (nSPS) is 22.4. The van der Waals surface area contributed by atoms with Gasteiger partial charge < -0.3 is 14.4 Å². The summed E-state index contributed by atoms with van der Waals surface area (Å²) in [7, 11) is 0. The van der Waals surface area contributed by atoms with Crippen molar-refractivity contribution in [2.24, 2.45) is 0 Å². The second-order valence-corrected chi connectivity index (χ2v) is 6.09. The number of hydrogen-bond acceptors (Lipinski definition) is 3. The molecule has 0 aliphatic carbocycles. The number of carbonyl (C=O) groups excluding carboxylic acids is 1. The van der Waals surface area contributed by atoms with E-state index in [1.807, 2.05) is 48.2 Å². The Morgan fingerprint density at radius 2 is 1.65 bits per heavy atom. The van der Waals surface area contributed by atoms with Crippen molar-refractivity contribution < 1.29 is 14.3 Å². The molecule has 2 aromatic rings. The van der Waals surface area contributed by atoms with Crippen LogP contribution in [0.2, 0.25) is 0 Å². The molecular weight excluding hydrogens is 290 g/mol. The second-order valence-electron chi connectivity index (χ2n) is 6.09. The zero-order valence-electron chi connectivity index (χ0n) is 13.1. The quantitative estimate of drug-likeness (QED) is 0.813. The minimum atomic E-state index is -0.588. The smallest absolute Gasteiger partial charge is 0.267 e. The third kappa shape index (κ3) is 2.54. The first-order valence-corrected chi connectivity index (χ1v) is 8.00. The minimum Gasteiger partial charge on any atom is -0.482 e. The molecule has 2 aromatic carbocycles. The van der Waals surface area contributed by atoms with Gasteiger partial charge in [-0.25, -0.2) is 0 Å². The average molecular weight is 309 g/mol. The van der Waals surface area contributed by atoms with Gasteiger partial charge in [0.1, 0.15) is 6.10 Å². The molecule has 4 heteroatoms. The second kappa shape index (κ2) is 5.61. The fourth-order valence-corrected chi connectivity index (χ4v) is 3.25. The molecular formula is C19H19NO3. The van der Waals surface area contributed by atoms with Gasteiger partial charge in [-0.2, -0.15) is 0 Å². The zero-order chi connectivity index (χ0) is 15.8. The highest BCUT2D eigenvalue weighted by atomic mass is 16.6. The lowest BCUT2D eigenvalue weighted by Gasteiger charge is -2.36. The van der Waals surface area contributed by atoms with Gasteiger partial charge in [-0.1, -0.05) is 36.4 Å². The molecule has 4 rings (SSSR count). The molecule has 4 nitrogen and oxygen atoms in total. The van der Waals surface area contributed by atoms with Crippen LogP contribution in [0.15, 0.2) is 48.5 Å². The Balaban J connectivity index is 1.54. The van der Waals surface area contributed by atoms with E-state index >= 15 is 0 Å². The summed E-state index contributed by atoms with van der Waals surface area (Å²) in [6.07, 6.45) is 0.00484. The molecule has 118 valence electrons. The summed E-state index contributed by atoms with van der Waals surface area (Å²) < 4.78 is 11.8. The van der Waals surface area contributed by atoms with Gasteiger partial charge in [0.05, 0.1) is 0 Å². The van der Waals surface area contributed by atoms with Gasteiger partial charge in [-0.3, -0.25) is 4.79 Å². The molecule has 23 heavy (non-hydrogen) atoms. The number of ether oxygens (including phenoxy) is 2. The molecule has 1 amide bonds. The molecule has 2 aliphatic rings. The van der Waals surface area contributed by atoms with Crippen LogP contribution in [0.1, 0.15) is 18.1 Å². The summed E-state index contributed by atoms with van der Waals surface area (Å²) in [4.78, 5) is 14.8. The lowest BCUT2D eigenvalue weighted by molar-refractivity contribution is -0.145. The van der Waals surface area contributed by atoms with E-state index in [2.05, 4.69) is 12.1 Å². The third-order valence-electron chi connectivity index (χ3n) is 4.53. The summed E-state index contributed by atoms with van der Waals surface area (Å²) in [5, 5.41) is 0. The maximum atomic E-state index is 12.9. The highest BCUT2D eigenvalue weighted by Gasteiger charge is 2.37. The van der Waals surface area contributed by atoms with Gasteiger partial charge in [0.25, 0.3) is 5.91 Å². The SMILES string of the molecule is CC1Oc2ccccc2OC1C(=O)N1CCc2ccccc2C1. The zero-order valence-corrected chi connectivity index (χ0v) is 13.1. The molecule has 0 fully saturated rings. The number of para-hydroxylation sites is 2. The van der Waals surface area contributed by atoms with E-state index in [0.717, 1.165) is 13.0 Å². The van der Waals surface area contributed by atoms with Crippen LogP contribution < -0.4 is 9.47 Å². The molecule has 2 unspecified atom stereocenters. The number of hydrogen-bond donors (Lipinski definition) is 0.